The van der Waals surface area contributed by atoms with E-state index in [-0.39, 0.29) is 5.54 Å². The van der Waals surface area contributed by atoms with Crippen molar-refractivity contribution in [1.82, 2.24) is 9.80 Å². The zero-order valence-electron chi connectivity index (χ0n) is 13.1. The van der Waals surface area contributed by atoms with Crippen LogP contribution < -0.4 is 5.32 Å². The van der Waals surface area contributed by atoms with Crippen molar-refractivity contribution in [2.24, 2.45) is 0 Å². The third-order valence-corrected chi connectivity index (χ3v) is 4.98. The molecule has 0 aromatic heterocycles. The highest BCUT2D eigenvalue weighted by Crippen LogP contribution is 2.27. The molecule has 1 saturated heterocycles. The zero-order chi connectivity index (χ0) is 14.2. The van der Waals surface area contributed by atoms with Crippen LogP contribution in [0, 0.1) is 0 Å². The van der Waals surface area contributed by atoms with E-state index in [2.05, 4.69) is 54.2 Å². The fourth-order valence-corrected chi connectivity index (χ4v) is 3.45. The van der Waals surface area contributed by atoms with Gasteiger partial charge in [-0.1, -0.05) is 12.1 Å². The fourth-order valence-electron chi connectivity index (χ4n) is 3.45. The Morgan fingerprint density at radius 1 is 1.25 bits per heavy atom. The Morgan fingerprint density at radius 2 is 2.10 bits per heavy atom. The van der Waals surface area contributed by atoms with E-state index in [1.165, 1.54) is 37.2 Å². The van der Waals surface area contributed by atoms with Crippen molar-refractivity contribution in [3.63, 3.8) is 0 Å². The average molecular weight is 273 g/mol. The number of fused-ring (bicyclic) bond motifs is 1. The maximum atomic E-state index is 3.54. The number of piperazine rings is 1. The molecule has 0 spiro atoms. The molecule has 3 nitrogen and oxygen atoms in total. The van der Waals surface area contributed by atoms with Crippen LogP contribution in [0.4, 0.5) is 5.69 Å². The Kier molecular flexibility index (Phi) is 3.74. The minimum atomic E-state index is 0.283. The van der Waals surface area contributed by atoms with E-state index in [1.54, 1.807) is 5.56 Å². The van der Waals surface area contributed by atoms with Crippen LogP contribution in [-0.2, 0) is 13.0 Å². The van der Waals surface area contributed by atoms with Gasteiger partial charge in [0.2, 0.25) is 0 Å². The lowest BCUT2D eigenvalue weighted by molar-refractivity contribution is 0.0359. The van der Waals surface area contributed by atoms with E-state index in [0.717, 1.165) is 19.6 Å². The maximum Gasteiger partial charge on any atom is 0.0375 e. The van der Waals surface area contributed by atoms with Crippen LogP contribution in [0.1, 0.15) is 31.4 Å². The van der Waals surface area contributed by atoms with Crippen LogP contribution in [0.25, 0.3) is 0 Å². The predicted molar refractivity (Wildman–Crippen MR) is 85.2 cm³/mol. The third kappa shape index (κ3) is 2.70. The minimum absolute atomic E-state index is 0.283. The monoisotopic (exact) mass is 273 g/mol. The summed E-state index contributed by atoms with van der Waals surface area (Å²) in [5.41, 5.74) is 4.72. The van der Waals surface area contributed by atoms with E-state index in [9.17, 15) is 0 Å². The lowest BCUT2D eigenvalue weighted by Crippen LogP contribution is -2.57. The molecule has 0 saturated carbocycles. The normalized spacial score (nSPS) is 23.1. The maximum absolute atomic E-state index is 3.54. The molecule has 2 heterocycles. The molecular weight excluding hydrogens is 246 g/mol. The van der Waals surface area contributed by atoms with E-state index < -0.39 is 0 Å². The summed E-state index contributed by atoms with van der Waals surface area (Å²) in [7, 11) is 2.24. The van der Waals surface area contributed by atoms with Crippen LogP contribution in [0.3, 0.4) is 0 Å². The molecule has 1 N–H and O–H groups in total. The molecule has 2 aliphatic rings. The Labute approximate surface area is 123 Å². The lowest BCUT2D eigenvalue weighted by Gasteiger charge is -2.45. The quantitative estimate of drug-likeness (QED) is 0.893. The molecule has 2 aliphatic heterocycles. The minimum Gasteiger partial charge on any atom is -0.385 e. The predicted octanol–water partition coefficient (Wildman–Crippen LogP) is 2.57. The summed E-state index contributed by atoms with van der Waals surface area (Å²) in [6, 6.07) is 6.75. The van der Waals surface area contributed by atoms with Crippen molar-refractivity contribution in [1.29, 1.82) is 0 Å². The molecule has 3 heteroatoms. The molecule has 3 rings (SSSR count). The molecule has 1 aromatic carbocycles. The topological polar surface area (TPSA) is 18.5 Å². The fraction of sp³-hybridized carbons (Fsp3) is 0.647. The first-order valence-electron chi connectivity index (χ1n) is 7.84. The molecule has 0 atom stereocenters. The summed E-state index contributed by atoms with van der Waals surface area (Å²) in [6.45, 7) is 10.4. The SMILES string of the molecule is CN1CCN(Cc2cccc3c2CCCN3)CC1(C)C. The van der Waals surface area contributed by atoms with Crippen molar-refractivity contribution < 1.29 is 0 Å². The number of hydrogen-bond donors (Lipinski definition) is 1. The van der Waals surface area contributed by atoms with Crippen LogP contribution >= 0.6 is 0 Å². The summed E-state index contributed by atoms with van der Waals surface area (Å²) in [5, 5.41) is 3.54. The molecule has 0 radical (unpaired) electrons. The van der Waals surface area contributed by atoms with E-state index in [0.29, 0.717) is 0 Å². The van der Waals surface area contributed by atoms with Gasteiger partial charge in [0.05, 0.1) is 0 Å². The molecule has 0 aliphatic carbocycles. The summed E-state index contributed by atoms with van der Waals surface area (Å²) < 4.78 is 0. The van der Waals surface area contributed by atoms with Gasteiger partial charge in [0, 0.05) is 44.0 Å². The van der Waals surface area contributed by atoms with Gasteiger partial charge < -0.3 is 5.32 Å². The Morgan fingerprint density at radius 3 is 2.90 bits per heavy atom. The van der Waals surface area contributed by atoms with Crippen molar-refractivity contribution in [2.75, 3.05) is 38.5 Å². The molecule has 110 valence electrons. The Balaban J connectivity index is 1.75. The van der Waals surface area contributed by atoms with Gasteiger partial charge in [-0.25, -0.2) is 0 Å². The molecular formula is C17H27N3. The highest BCUT2D eigenvalue weighted by atomic mass is 15.3. The van der Waals surface area contributed by atoms with Gasteiger partial charge >= 0.3 is 0 Å². The van der Waals surface area contributed by atoms with Crippen LogP contribution in [0.15, 0.2) is 18.2 Å². The van der Waals surface area contributed by atoms with Crippen molar-refractivity contribution in [3.8, 4) is 0 Å². The van der Waals surface area contributed by atoms with Crippen LogP contribution in [0.5, 0.6) is 0 Å². The lowest BCUT2D eigenvalue weighted by atomic mass is 9.95. The molecule has 20 heavy (non-hydrogen) atoms. The number of hydrogen-bond acceptors (Lipinski definition) is 3. The highest BCUT2D eigenvalue weighted by molar-refractivity contribution is 5.56. The number of rotatable bonds is 2. The van der Waals surface area contributed by atoms with Crippen LogP contribution in [-0.4, -0.2) is 48.6 Å². The second-order valence-corrected chi connectivity index (χ2v) is 6.92. The number of nitrogens with zero attached hydrogens (tertiary/aromatic N) is 2. The highest BCUT2D eigenvalue weighted by Gasteiger charge is 2.31. The van der Waals surface area contributed by atoms with Crippen LogP contribution in [0.2, 0.25) is 0 Å². The number of benzene rings is 1. The van der Waals surface area contributed by atoms with Crippen molar-refractivity contribution >= 4 is 5.69 Å². The Bertz CT molecular complexity index is 481. The number of likely N-dealkylation sites (N-methyl/N-ethyl adjacent to an activating group) is 1. The van der Waals surface area contributed by atoms with Gasteiger partial charge in [-0.15, -0.1) is 0 Å². The van der Waals surface area contributed by atoms with Gasteiger partial charge in [0.1, 0.15) is 0 Å². The van der Waals surface area contributed by atoms with E-state index >= 15 is 0 Å². The van der Waals surface area contributed by atoms with Crippen molar-refractivity contribution in [2.45, 2.75) is 38.8 Å². The summed E-state index contributed by atoms with van der Waals surface area (Å²) >= 11 is 0. The molecule has 0 bridgehead atoms. The summed E-state index contributed by atoms with van der Waals surface area (Å²) in [4.78, 5) is 5.09. The Hall–Kier alpha value is -1.06. The second-order valence-electron chi connectivity index (χ2n) is 6.92. The third-order valence-electron chi connectivity index (χ3n) is 4.98. The molecule has 1 aromatic rings. The number of anilines is 1. The molecule has 0 unspecified atom stereocenters. The smallest absolute Gasteiger partial charge is 0.0375 e. The first-order chi connectivity index (χ1) is 9.56. The zero-order valence-corrected chi connectivity index (χ0v) is 13.1. The van der Waals surface area contributed by atoms with Gasteiger partial charge in [-0.3, -0.25) is 9.80 Å². The summed E-state index contributed by atoms with van der Waals surface area (Å²) in [5.74, 6) is 0. The van der Waals surface area contributed by atoms with E-state index in [4.69, 9.17) is 0 Å². The van der Waals surface area contributed by atoms with Crippen molar-refractivity contribution in [3.05, 3.63) is 29.3 Å². The first-order valence-corrected chi connectivity index (χ1v) is 7.84. The second kappa shape index (κ2) is 5.38. The summed E-state index contributed by atoms with van der Waals surface area (Å²) in [6.07, 6.45) is 2.49. The standard InChI is InChI=1S/C17H27N3/c1-17(2)13-20(11-10-19(17)3)12-14-6-4-8-16-15(14)7-5-9-18-16/h4,6,8,18H,5,7,9-13H2,1-3H3. The number of nitrogens with one attached hydrogen (secondary N) is 1. The largest absolute Gasteiger partial charge is 0.385 e. The molecule has 1 fully saturated rings. The van der Waals surface area contributed by atoms with E-state index in [1.807, 2.05) is 0 Å². The molecule has 0 amide bonds. The van der Waals surface area contributed by atoms with Gasteiger partial charge in [-0.05, 0) is 50.9 Å². The first kappa shape index (κ1) is 13.9. The van der Waals surface area contributed by atoms with Gasteiger partial charge in [0.15, 0.2) is 0 Å². The average Bonchev–Trinajstić information content (AvgIpc) is 2.43. The van der Waals surface area contributed by atoms with Gasteiger partial charge in [-0.2, -0.15) is 0 Å². The van der Waals surface area contributed by atoms with Gasteiger partial charge in [0.25, 0.3) is 0 Å².